The minimum Gasteiger partial charge on any atom is -0.409 e. The average Bonchev–Trinajstić information content (AvgIpc) is 2.38. The van der Waals surface area contributed by atoms with Crippen LogP contribution in [0.3, 0.4) is 0 Å². The third-order valence-corrected chi connectivity index (χ3v) is 2.49. The maximum atomic E-state index is 11.4. The molecule has 0 aliphatic heterocycles. The van der Waals surface area contributed by atoms with E-state index in [2.05, 4.69) is 10.5 Å². The highest BCUT2D eigenvalue weighted by molar-refractivity contribution is 5.98. The van der Waals surface area contributed by atoms with Gasteiger partial charge in [0.1, 0.15) is 0 Å². The van der Waals surface area contributed by atoms with Crippen molar-refractivity contribution in [2.24, 2.45) is 10.9 Å². The Hall–Kier alpha value is -2.08. The van der Waals surface area contributed by atoms with Crippen LogP contribution in [0.1, 0.15) is 11.1 Å². The summed E-state index contributed by atoms with van der Waals surface area (Å²) in [7, 11) is 3.41. The van der Waals surface area contributed by atoms with Gasteiger partial charge in [0, 0.05) is 26.2 Å². The zero-order chi connectivity index (χ0) is 13.5. The van der Waals surface area contributed by atoms with Crippen LogP contribution in [0.25, 0.3) is 0 Å². The van der Waals surface area contributed by atoms with Crippen LogP contribution < -0.4 is 11.1 Å². The number of nitrogens with zero attached hydrogens (tertiary/aromatic N) is 2. The van der Waals surface area contributed by atoms with Crippen LogP contribution in [0.2, 0.25) is 0 Å². The Kier molecular flexibility index (Phi) is 5.13. The number of hydrogen-bond donors (Lipinski definition) is 3. The van der Waals surface area contributed by atoms with Crippen molar-refractivity contribution in [1.29, 1.82) is 0 Å². The molecule has 0 atom stereocenters. The number of nitrogens with one attached hydrogen (secondary N) is 1. The smallest absolute Gasteiger partial charge is 0.236 e. The second-order valence-corrected chi connectivity index (χ2v) is 4.03. The lowest BCUT2D eigenvalue weighted by Gasteiger charge is -2.12. The van der Waals surface area contributed by atoms with Gasteiger partial charge in [0.05, 0.1) is 6.54 Å². The zero-order valence-electron chi connectivity index (χ0n) is 10.6. The van der Waals surface area contributed by atoms with Crippen molar-refractivity contribution in [2.75, 3.05) is 20.6 Å². The highest BCUT2D eigenvalue weighted by atomic mass is 16.4. The maximum absolute atomic E-state index is 11.4. The first-order valence-corrected chi connectivity index (χ1v) is 5.53. The topological polar surface area (TPSA) is 91.0 Å². The van der Waals surface area contributed by atoms with Crippen LogP contribution in [0.4, 0.5) is 0 Å². The minimum atomic E-state index is -0.00345. The van der Waals surface area contributed by atoms with E-state index in [1.54, 1.807) is 20.2 Å². The molecule has 0 saturated carbocycles. The lowest BCUT2D eigenvalue weighted by molar-refractivity contribution is -0.127. The Bertz CT molecular complexity index is 443. The first-order valence-electron chi connectivity index (χ1n) is 5.53. The first-order chi connectivity index (χ1) is 8.56. The number of benzene rings is 1. The van der Waals surface area contributed by atoms with Gasteiger partial charge in [0.2, 0.25) is 5.91 Å². The van der Waals surface area contributed by atoms with Gasteiger partial charge in [0.15, 0.2) is 5.84 Å². The van der Waals surface area contributed by atoms with E-state index in [-0.39, 0.29) is 18.3 Å². The Balaban J connectivity index is 2.65. The van der Waals surface area contributed by atoms with Gasteiger partial charge in [0.25, 0.3) is 0 Å². The highest BCUT2D eigenvalue weighted by Crippen LogP contribution is 2.07. The molecule has 18 heavy (non-hydrogen) atoms. The summed E-state index contributed by atoms with van der Waals surface area (Å²) in [5.74, 6) is 0.0580. The number of carbonyl (C=O) groups excluding carboxylic acids is 1. The fraction of sp³-hybridized carbons (Fsp3) is 0.333. The van der Waals surface area contributed by atoms with E-state index in [4.69, 9.17) is 10.9 Å². The van der Waals surface area contributed by atoms with E-state index in [9.17, 15) is 4.79 Å². The monoisotopic (exact) mass is 250 g/mol. The highest BCUT2D eigenvalue weighted by Gasteiger charge is 2.07. The Morgan fingerprint density at radius 2 is 2.11 bits per heavy atom. The maximum Gasteiger partial charge on any atom is 0.236 e. The van der Waals surface area contributed by atoms with Crippen molar-refractivity contribution in [3.63, 3.8) is 0 Å². The molecule has 0 radical (unpaired) electrons. The summed E-state index contributed by atoms with van der Waals surface area (Å²) in [6.07, 6.45) is 0. The molecule has 1 rings (SSSR count). The van der Waals surface area contributed by atoms with E-state index in [1.165, 1.54) is 4.90 Å². The molecule has 0 aromatic heterocycles. The molecule has 0 aliphatic carbocycles. The molecule has 0 bridgehead atoms. The van der Waals surface area contributed by atoms with Crippen LogP contribution in [0, 0.1) is 0 Å². The molecule has 1 aromatic rings. The predicted octanol–water partition coefficient (Wildman–Crippen LogP) is -0.0411. The molecule has 0 saturated heterocycles. The summed E-state index contributed by atoms with van der Waals surface area (Å²) >= 11 is 0. The normalized spacial score (nSPS) is 11.3. The molecule has 0 fully saturated rings. The van der Waals surface area contributed by atoms with E-state index in [0.29, 0.717) is 12.1 Å². The molecule has 0 unspecified atom stereocenters. The molecular formula is C12H18N4O2. The van der Waals surface area contributed by atoms with E-state index < -0.39 is 0 Å². The number of rotatable bonds is 5. The fourth-order valence-electron chi connectivity index (χ4n) is 1.44. The van der Waals surface area contributed by atoms with E-state index in [0.717, 1.165) is 5.56 Å². The second-order valence-electron chi connectivity index (χ2n) is 4.03. The lowest BCUT2D eigenvalue weighted by atomic mass is 10.1. The molecule has 6 heteroatoms. The standard InChI is InChI=1S/C12H18N4O2/c1-16(2)11(17)8-14-7-9-5-3-4-6-10(9)12(13)15-18/h3-6,14,18H,7-8H2,1-2H3,(H2,13,15). The van der Waals surface area contributed by atoms with Gasteiger partial charge in [-0.1, -0.05) is 29.4 Å². The number of likely N-dealkylation sites (N-methyl/N-ethyl adjacent to an activating group) is 1. The van der Waals surface area contributed by atoms with Crippen LogP contribution >= 0.6 is 0 Å². The molecule has 1 amide bonds. The third-order valence-electron chi connectivity index (χ3n) is 2.49. The number of nitrogens with two attached hydrogens (primary N) is 1. The summed E-state index contributed by atoms with van der Waals surface area (Å²) in [5, 5.41) is 14.7. The van der Waals surface area contributed by atoms with Gasteiger partial charge >= 0.3 is 0 Å². The molecule has 4 N–H and O–H groups in total. The summed E-state index contributed by atoms with van der Waals surface area (Å²) in [4.78, 5) is 12.9. The summed E-state index contributed by atoms with van der Waals surface area (Å²) in [6, 6.07) is 7.29. The van der Waals surface area contributed by atoms with Gasteiger partial charge in [-0.15, -0.1) is 0 Å². The fourth-order valence-corrected chi connectivity index (χ4v) is 1.44. The van der Waals surface area contributed by atoms with Gasteiger partial charge < -0.3 is 21.2 Å². The molecule has 1 aromatic carbocycles. The van der Waals surface area contributed by atoms with Crippen molar-refractivity contribution in [2.45, 2.75) is 6.54 Å². The van der Waals surface area contributed by atoms with Crippen molar-refractivity contribution in [3.05, 3.63) is 35.4 Å². The molecule has 6 nitrogen and oxygen atoms in total. The lowest BCUT2D eigenvalue weighted by Crippen LogP contribution is -2.33. The molecule has 0 aliphatic rings. The predicted molar refractivity (Wildman–Crippen MR) is 69.4 cm³/mol. The quantitative estimate of drug-likeness (QED) is 0.296. The minimum absolute atomic E-state index is 0.00345. The van der Waals surface area contributed by atoms with Crippen LogP contribution in [-0.4, -0.2) is 42.5 Å². The van der Waals surface area contributed by atoms with Gasteiger partial charge in [-0.3, -0.25) is 4.79 Å². The van der Waals surface area contributed by atoms with Crippen LogP contribution in [0.15, 0.2) is 29.4 Å². The number of amides is 1. The van der Waals surface area contributed by atoms with E-state index >= 15 is 0 Å². The molecule has 0 heterocycles. The average molecular weight is 250 g/mol. The van der Waals surface area contributed by atoms with Gasteiger partial charge in [-0.05, 0) is 5.56 Å². The first kappa shape index (κ1) is 14.0. The number of amidine groups is 1. The summed E-state index contributed by atoms with van der Waals surface area (Å²) < 4.78 is 0. The van der Waals surface area contributed by atoms with Crippen molar-refractivity contribution >= 4 is 11.7 Å². The van der Waals surface area contributed by atoms with Crippen LogP contribution in [0.5, 0.6) is 0 Å². The number of hydrogen-bond acceptors (Lipinski definition) is 4. The summed E-state index contributed by atoms with van der Waals surface area (Å²) in [6.45, 7) is 0.726. The van der Waals surface area contributed by atoms with Gasteiger partial charge in [-0.25, -0.2) is 0 Å². The van der Waals surface area contributed by atoms with Gasteiger partial charge in [-0.2, -0.15) is 0 Å². The Labute approximate surface area is 106 Å². The van der Waals surface area contributed by atoms with Crippen LogP contribution in [-0.2, 0) is 11.3 Å². The summed E-state index contributed by atoms with van der Waals surface area (Å²) in [5.41, 5.74) is 7.10. The van der Waals surface area contributed by atoms with Crippen molar-refractivity contribution in [3.8, 4) is 0 Å². The second kappa shape index (κ2) is 6.61. The Morgan fingerprint density at radius 1 is 1.44 bits per heavy atom. The molecule has 0 spiro atoms. The number of oxime groups is 1. The Morgan fingerprint density at radius 3 is 2.72 bits per heavy atom. The number of carbonyl (C=O) groups is 1. The van der Waals surface area contributed by atoms with E-state index in [1.807, 2.05) is 18.2 Å². The zero-order valence-corrected chi connectivity index (χ0v) is 10.6. The molecule has 98 valence electrons. The molecular weight excluding hydrogens is 232 g/mol. The third kappa shape index (κ3) is 3.74. The van der Waals surface area contributed by atoms with Crippen molar-refractivity contribution in [1.82, 2.24) is 10.2 Å². The largest absolute Gasteiger partial charge is 0.409 e. The SMILES string of the molecule is CN(C)C(=O)CNCc1ccccc1C(N)=NO. The van der Waals surface area contributed by atoms with Crippen molar-refractivity contribution < 1.29 is 10.0 Å².